The van der Waals surface area contributed by atoms with Crippen molar-refractivity contribution in [3.8, 4) is 0 Å². The van der Waals surface area contributed by atoms with Crippen molar-refractivity contribution in [3.05, 3.63) is 47.8 Å². The van der Waals surface area contributed by atoms with Gasteiger partial charge in [0.1, 0.15) is 5.82 Å². The lowest BCUT2D eigenvalue weighted by molar-refractivity contribution is -0.135. The number of nitrogens with one attached hydrogen (secondary N) is 1. The zero-order valence-corrected chi connectivity index (χ0v) is 21.9. The van der Waals surface area contributed by atoms with E-state index in [9.17, 15) is 14.0 Å². The van der Waals surface area contributed by atoms with Gasteiger partial charge in [0, 0.05) is 11.5 Å². The lowest BCUT2D eigenvalue weighted by Gasteiger charge is -2.59. The van der Waals surface area contributed by atoms with Gasteiger partial charge in [-0.15, -0.1) is 0 Å². The predicted molar refractivity (Wildman–Crippen MR) is 138 cm³/mol. The fraction of sp³-hybridized carbons (Fsp3) is 0.677. The van der Waals surface area contributed by atoms with Gasteiger partial charge in [-0.1, -0.05) is 57.7 Å². The zero-order chi connectivity index (χ0) is 25.1. The number of carbonyl (C=O) groups is 2. The Balaban J connectivity index is 1.29. The van der Waals surface area contributed by atoms with Gasteiger partial charge >= 0.3 is 6.03 Å². The maximum Gasteiger partial charge on any atom is 0.325 e. The Morgan fingerprint density at radius 3 is 2.42 bits per heavy atom. The van der Waals surface area contributed by atoms with Crippen LogP contribution in [-0.2, 0) is 10.3 Å². The third-order valence-electron chi connectivity index (χ3n) is 11.3. The summed E-state index contributed by atoms with van der Waals surface area (Å²) in [4.78, 5) is 28.8. The lowest BCUT2D eigenvalue weighted by Crippen LogP contribution is -2.64. The number of halogens is 1. The molecule has 1 N–H and O–H groups in total. The molecule has 194 valence electrons. The second kappa shape index (κ2) is 8.70. The van der Waals surface area contributed by atoms with Crippen molar-refractivity contribution < 1.29 is 14.0 Å². The molecule has 0 spiro atoms. The van der Waals surface area contributed by atoms with Crippen molar-refractivity contribution in [1.29, 1.82) is 0 Å². The van der Waals surface area contributed by atoms with Crippen LogP contribution in [0.25, 0.3) is 0 Å². The van der Waals surface area contributed by atoms with Crippen LogP contribution >= 0.6 is 0 Å². The molecule has 0 unspecified atom stereocenters. The molecule has 1 aromatic carbocycles. The standard InChI is InChI=1S/C31H41FN2O2/c1-29-16-6-7-24(29)23-12-13-26-30(2,25(23)14-19-29)20-15-27(35)34(26)28(36)33-31(17-4-3-5-18-31)21-8-10-22(32)11-9-21/h8-11,15,20,23-26H,3-7,12-14,16-19H2,1-2H3,(H,33,36)/t23-,24-,25-,26+,29-,30+/m0/s1. The minimum atomic E-state index is -0.547. The van der Waals surface area contributed by atoms with Gasteiger partial charge in [0.05, 0.1) is 11.6 Å². The van der Waals surface area contributed by atoms with E-state index in [1.165, 1.54) is 44.2 Å². The van der Waals surface area contributed by atoms with Crippen molar-refractivity contribution in [2.24, 2.45) is 28.6 Å². The number of urea groups is 1. The highest BCUT2D eigenvalue weighted by Gasteiger charge is 2.59. The number of amides is 3. The van der Waals surface area contributed by atoms with Crippen LogP contribution in [0.3, 0.4) is 0 Å². The van der Waals surface area contributed by atoms with E-state index in [0.29, 0.717) is 17.3 Å². The van der Waals surface area contributed by atoms with E-state index in [1.54, 1.807) is 23.1 Å². The molecular formula is C31H41FN2O2. The first-order chi connectivity index (χ1) is 17.3. The summed E-state index contributed by atoms with van der Waals surface area (Å²) in [6.45, 7) is 4.82. The number of imide groups is 1. The Bertz CT molecular complexity index is 1060. The zero-order valence-electron chi connectivity index (χ0n) is 21.9. The van der Waals surface area contributed by atoms with Crippen LogP contribution < -0.4 is 5.32 Å². The summed E-state index contributed by atoms with van der Waals surface area (Å²) >= 11 is 0. The molecule has 3 amide bonds. The SMILES string of the molecule is C[C@@]12CCC[C@H]1[C@@H]1CC[C@H]3N(C(=O)NC4(c5ccc(F)cc5)CCCCC4)C(=O)C=C[C@]3(C)[C@H]1CC2. The molecule has 4 aliphatic carbocycles. The van der Waals surface area contributed by atoms with Crippen LogP contribution in [0.4, 0.5) is 9.18 Å². The maximum atomic E-state index is 14.0. The van der Waals surface area contributed by atoms with Gasteiger partial charge in [-0.05, 0) is 92.2 Å². The molecule has 0 saturated heterocycles. The normalized spacial score (nSPS) is 39.2. The summed E-state index contributed by atoms with van der Waals surface area (Å²) in [6.07, 6.45) is 17.1. The highest BCUT2D eigenvalue weighted by Crippen LogP contribution is 2.64. The lowest BCUT2D eigenvalue weighted by atomic mass is 9.48. The quantitative estimate of drug-likeness (QED) is 0.479. The van der Waals surface area contributed by atoms with E-state index >= 15 is 0 Å². The number of rotatable bonds is 2. The Morgan fingerprint density at radius 2 is 1.67 bits per heavy atom. The molecule has 1 heterocycles. The average Bonchev–Trinajstić information content (AvgIpc) is 3.27. The van der Waals surface area contributed by atoms with Crippen LogP contribution in [0.15, 0.2) is 36.4 Å². The highest BCUT2D eigenvalue weighted by atomic mass is 19.1. The van der Waals surface area contributed by atoms with E-state index in [4.69, 9.17) is 0 Å². The number of nitrogens with zero attached hydrogens (tertiary/aromatic N) is 1. The first kappa shape index (κ1) is 24.2. The first-order valence-corrected chi connectivity index (χ1v) is 14.4. The number of fused-ring (bicyclic) bond motifs is 5. The second-order valence-corrected chi connectivity index (χ2v) is 13.0. The summed E-state index contributed by atoms with van der Waals surface area (Å²) in [7, 11) is 0. The third-order valence-corrected chi connectivity index (χ3v) is 11.3. The molecule has 4 saturated carbocycles. The van der Waals surface area contributed by atoms with Crippen LogP contribution in [0.1, 0.15) is 96.5 Å². The summed E-state index contributed by atoms with van der Waals surface area (Å²) in [5.74, 6) is 1.53. The van der Waals surface area contributed by atoms with Crippen LogP contribution in [-0.4, -0.2) is 22.9 Å². The predicted octanol–water partition coefficient (Wildman–Crippen LogP) is 7.09. The molecule has 5 heteroatoms. The molecule has 5 aliphatic rings. The summed E-state index contributed by atoms with van der Waals surface area (Å²) in [5.41, 5.74) is 0.705. The summed E-state index contributed by atoms with van der Waals surface area (Å²) in [5, 5.41) is 3.34. The third kappa shape index (κ3) is 3.67. The topological polar surface area (TPSA) is 49.4 Å². The van der Waals surface area contributed by atoms with E-state index in [1.807, 2.05) is 0 Å². The Labute approximate surface area is 215 Å². The maximum absolute atomic E-state index is 14.0. The van der Waals surface area contributed by atoms with Gasteiger partial charge < -0.3 is 5.32 Å². The van der Waals surface area contributed by atoms with Crippen LogP contribution in [0, 0.1) is 34.4 Å². The van der Waals surface area contributed by atoms with Crippen molar-refractivity contribution in [2.45, 2.75) is 102 Å². The van der Waals surface area contributed by atoms with E-state index in [2.05, 4.69) is 25.2 Å². The molecule has 36 heavy (non-hydrogen) atoms. The molecule has 0 aromatic heterocycles. The average molecular weight is 493 g/mol. The van der Waals surface area contributed by atoms with Gasteiger partial charge in [-0.3, -0.25) is 9.69 Å². The monoisotopic (exact) mass is 492 g/mol. The number of hydrogen-bond acceptors (Lipinski definition) is 2. The van der Waals surface area contributed by atoms with Crippen LogP contribution in [0.5, 0.6) is 0 Å². The molecule has 1 aliphatic heterocycles. The second-order valence-electron chi connectivity index (χ2n) is 13.0. The molecule has 4 fully saturated rings. The van der Waals surface area contributed by atoms with E-state index in [-0.39, 0.29) is 29.2 Å². The fourth-order valence-electron chi connectivity index (χ4n) is 9.41. The van der Waals surface area contributed by atoms with Gasteiger partial charge in [-0.2, -0.15) is 0 Å². The molecule has 1 aromatic rings. The Morgan fingerprint density at radius 1 is 0.917 bits per heavy atom. The molecule has 0 bridgehead atoms. The molecule has 0 radical (unpaired) electrons. The van der Waals surface area contributed by atoms with Crippen LogP contribution in [0.2, 0.25) is 0 Å². The van der Waals surface area contributed by atoms with Crippen molar-refractivity contribution in [3.63, 3.8) is 0 Å². The first-order valence-electron chi connectivity index (χ1n) is 14.4. The summed E-state index contributed by atoms with van der Waals surface area (Å²) < 4.78 is 13.7. The van der Waals surface area contributed by atoms with Crippen molar-refractivity contribution >= 4 is 11.9 Å². The van der Waals surface area contributed by atoms with E-state index in [0.717, 1.165) is 56.4 Å². The summed E-state index contributed by atoms with van der Waals surface area (Å²) in [6, 6.07) is 6.18. The van der Waals surface area contributed by atoms with Gasteiger partial charge in [0.2, 0.25) is 0 Å². The largest absolute Gasteiger partial charge is 0.328 e. The Hall–Kier alpha value is -2.17. The van der Waals surface area contributed by atoms with Crippen molar-refractivity contribution in [1.82, 2.24) is 10.2 Å². The van der Waals surface area contributed by atoms with Gasteiger partial charge in [-0.25, -0.2) is 9.18 Å². The Kier molecular flexibility index (Phi) is 5.84. The molecule has 6 atom stereocenters. The smallest absolute Gasteiger partial charge is 0.325 e. The minimum absolute atomic E-state index is 0.101. The van der Waals surface area contributed by atoms with Gasteiger partial charge in [0.15, 0.2) is 0 Å². The highest BCUT2D eigenvalue weighted by molar-refractivity contribution is 6.02. The minimum Gasteiger partial charge on any atom is -0.328 e. The number of carbonyl (C=O) groups excluding carboxylic acids is 2. The van der Waals surface area contributed by atoms with Gasteiger partial charge in [0.25, 0.3) is 5.91 Å². The number of benzene rings is 1. The number of hydrogen-bond donors (Lipinski definition) is 1. The fourth-order valence-corrected chi connectivity index (χ4v) is 9.41. The molecule has 6 rings (SSSR count). The molecule has 4 nitrogen and oxygen atoms in total. The van der Waals surface area contributed by atoms with Crippen molar-refractivity contribution in [2.75, 3.05) is 0 Å². The van der Waals surface area contributed by atoms with E-state index < -0.39 is 5.54 Å². The molecular weight excluding hydrogens is 451 g/mol.